The normalized spacial score (nSPS) is 21.0. The van der Waals surface area contributed by atoms with Crippen molar-refractivity contribution in [1.29, 1.82) is 0 Å². The summed E-state index contributed by atoms with van der Waals surface area (Å²) in [5, 5.41) is 7.09. The maximum atomic E-state index is 12.7. The molecule has 3 rings (SSSR count). The number of carbonyl (C=O) groups excluding carboxylic acids is 1. The first-order valence-corrected chi connectivity index (χ1v) is 8.50. The molecule has 7 heteroatoms. The van der Waals surface area contributed by atoms with Crippen molar-refractivity contribution in [3.63, 3.8) is 0 Å². The molecule has 1 saturated heterocycles. The minimum atomic E-state index is 0.0304. The van der Waals surface area contributed by atoms with E-state index in [2.05, 4.69) is 10.2 Å². The molecule has 1 fully saturated rings. The Kier molecular flexibility index (Phi) is 4.82. The predicted molar refractivity (Wildman–Crippen MR) is 94.2 cm³/mol. The molecule has 0 radical (unpaired) electrons. The summed E-state index contributed by atoms with van der Waals surface area (Å²) < 4.78 is 7.90. The molecule has 6 nitrogen and oxygen atoms in total. The summed E-state index contributed by atoms with van der Waals surface area (Å²) in [5.74, 6) is 0.713. The van der Waals surface area contributed by atoms with E-state index in [0.29, 0.717) is 23.7 Å². The van der Waals surface area contributed by atoms with Crippen LogP contribution < -0.4 is 0 Å². The molecule has 24 heavy (non-hydrogen) atoms. The van der Waals surface area contributed by atoms with Crippen molar-refractivity contribution >= 4 is 18.1 Å². The van der Waals surface area contributed by atoms with Gasteiger partial charge < -0.3 is 9.64 Å². The summed E-state index contributed by atoms with van der Waals surface area (Å²) in [5.41, 5.74) is 2.11. The molecule has 0 saturated carbocycles. The Hall–Kier alpha value is -1.99. The zero-order chi connectivity index (χ0) is 17.3. The van der Waals surface area contributed by atoms with Crippen molar-refractivity contribution in [3.8, 4) is 11.4 Å². The van der Waals surface area contributed by atoms with E-state index >= 15 is 0 Å². The fraction of sp³-hybridized carbons (Fsp3) is 0.471. The molecule has 1 aromatic heterocycles. The Morgan fingerprint density at radius 1 is 1.29 bits per heavy atom. The molecule has 2 heterocycles. The van der Waals surface area contributed by atoms with Crippen LogP contribution in [0.1, 0.15) is 19.4 Å². The zero-order valence-electron chi connectivity index (χ0n) is 14.2. The molecule has 1 aliphatic rings. The van der Waals surface area contributed by atoms with Crippen LogP contribution >= 0.6 is 12.2 Å². The lowest BCUT2D eigenvalue weighted by Crippen LogP contribution is -2.49. The number of rotatable bonds is 3. The first-order valence-electron chi connectivity index (χ1n) is 8.09. The molecule has 1 aromatic carbocycles. The third-order valence-corrected chi connectivity index (χ3v) is 4.45. The number of H-pyrrole nitrogens is 1. The van der Waals surface area contributed by atoms with Gasteiger partial charge in [-0.1, -0.05) is 29.8 Å². The van der Waals surface area contributed by atoms with Gasteiger partial charge in [0.2, 0.25) is 5.91 Å². The highest BCUT2D eigenvalue weighted by atomic mass is 32.1. The monoisotopic (exact) mass is 346 g/mol. The number of nitrogens with one attached hydrogen (secondary N) is 1. The number of carbonyl (C=O) groups is 1. The SMILES string of the molecule is Cc1ccc(-c2n[nH]c(=S)n2CC(=O)N2CC(C)OC(C)C2)cc1. The summed E-state index contributed by atoms with van der Waals surface area (Å²) in [6.07, 6.45) is 0.0955. The number of aryl methyl sites for hydroxylation is 1. The van der Waals surface area contributed by atoms with E-state index in [1.165, 1.54) is 5.56 Å². The van der Waals surface area contributed by atoms with Gasteiger partial charge in [0.1, 0.15) is 6.54 Å². The van der Waals surface area contributed by atoms with Gasteiger partial charge in [0.25, 0.3) is 0 Å². The van der Waals surface area contributed by atoms with Gasteiger partial charge in [0.15, 0.2) is 10.6 Å². The first kappa shape index (κ1) is 16.9. The van der Waals surface area contributed by atoms with Gasteiger partial charge in [-0.05, 0) is 33.0 Å². The minimum absolute atomic E-state index is 0.0304. The number of hydrogen-bond acceptors (Lipinski definition) is 4. The third kappa shape index (κ3) is 3.57. The number of ether oxygens (including phenoxy) is 1. The first-order chi connectivity index (χ1) is 11.4. The van der Waals surface area contributed by atoms with Gasteiger partial charge in [0.05, 0.1) is 12.2 Å². The molecule has 128 valence electrons. The van der Waals surface area contributed by atoms with Crippen LogP contribution in [0.2, 0.25) is 0 Å². The number of amides is 1. The molecule has 0 aliphatic carbocycles. The number of morpholine rings is 1. The van der Waals surface area contributed by atoms with Gasteiger partial charge in [-0.3, -0.25) is 14.5 Å². The molecule has 2 unspecified atom stereocenters. The largest absolute Gasteiger partial charge is 0.372 e. The molecular formula is C17H22N4O2S. The molecule has 1 amide bonds. The molecule has 2 aromatic rings. The lowest BCUT2D eigenvalue weighted by molar-refractivity contribution is -0.143. The van der Waals surface area contributed by atoms with Crippen LogP contribution in [-0.4, -0.2) is 50.9 Å². The van der Waals surface area contributed by atoms with Crippen LogP contribution in [0.5, 0.6) is 0 Å². The van der Waals surface area contributed by atoms with Crippen LogP contribution in [0, 0.1) is 11.7 Å². The fourth-order valence-corrected chi connectivity index (χ4v) is 3.20. The fourth-order valence-electron chi connectivity index (χ4n) is 3.00. The Morgan fingerprint density at radius 3 is 2.54 bits per heavy atom. The van der Waals surface area contributed by atoms with Crippen molar-refractivity contribution < 1.29 is 9.53 Å². The van der Waals surface area contributed by atoms with Crippen LogP contribution in [0.15, 0.2) is 24.3 Å². The van der Waals surface area contributed by atoms with E-state index in [4.69, 9.17) is 17.0 Å². The standard InChI is InChI=1S/C17H22N4O2S/c1-11-4-6-14(7-5-11)16-18-19-17(24)21(16)10-15(22)20-8-12(2)23-13(3)9-20/h4-7,12-13H,8-10H2,1-3H3,(H,19,24). The number of benzene rings is 1. The van der Waals surface area contributed by atoms with Crippen LogP contribution in [0.3, 0.4) is 0 Å². The van der Waals surface area contributed by atoms with Crippen molar-refractivity contribution in [2.75, 3.05) is 13.1 Å². The molecule has 0 bridgehead atoms. The van der Waals surface area contributed by atoms with Crippen LogP contribution in [0.4, 0.5) is 0 Å². The van der Waals surface area contributed by atoms with Gasteiger partial charge in [-0.2, -0.15) is 5.10 Å². The van der Waals surface area contributed by atoms with E-state index in [1.54, 1.807) is 4.57 Å². The van der Waals surface area contributed by atoms with Gasteiger partial charge in [-0.25, -0.2) is 0 Å². The van der Waals surface area contributed by atoms with Crippen molar-refractivity contribution in [2.45, 2.75) is 39.5 Å². The van der Waals surface area contributed by atoms with Gasteiger partial charge >= 0.3 is 0 Å². The van der Waals surface area contributed by atoms with E-state index in [9.17, 15) is 4.79 Å². The second-order valence-corrected chi connectivity index (χ2v) is 6.75. The maximum absolute atomic E-state index is 12.7. The van der Waals surface area contributed by atoms with Crippen LogP contribution in [-0.2, 0) is 16.1 Å². The van der Waals surface area contributed by atoms with E-state index < -0.39 is 0 Å². The molecular weight excluding hydrogens is 324 g/mol. The Bertz CT molecular complexity index is 771. The minimum Gasteiger partial charge on any atom is -0.372 e. The van der Waals surface area contributed by atoms with E-state index in [-0.39, 0.29) is 24.7 Å². The number of aromatic amines is 1. The summed E-state index contributed by atoms with van der Waals surface area (Å²) >= 11 is 5.31. The highest BCUT2D eigenvalue weighted by Crippen LogP contribution is 2.19. The summed E-state index contributed by atoms with van der Waals surface area (Å²) in [7, 11) is 0. The summed E-state index contributed by atoms with van der Waals surface area (Å²) in [4.78, 5) is 14.5. The number of hydrogen-bond donors (Lipinski definition) is 1. The topological polar surface area (TPSA) is 63.2 Å². The highest BCUT2D eigenvalue weighted by molar-refractivity contribution is 7.71. The van der Waals surface area contributed by atoms with E-state index in [0.717, 1.165) is 5.56 Å². The zero-order valence-corrected chi connectivity index (χ0v) is 15.0. The second-order valence-electron chi connectivity index (χ2n) is 6.36. The maximum Gasteiger partial charge on any atom is 0.242 e. The van der Waals surface area contributed by atoms with Crippen molar-refractivity contribution in [1.82, 2.24) is 19.7 Å². The van der Waals surface area contributed by atoms with Crippen LogP contribution in [0.25, 0.3) is 11.4 Å². The highest BCUT2D eigenvalue weighted by Gasteiger charge is 2.26. The Labute approximate surface area is 146 Å². The van der Waals surface area contributed by atoms with Gasteiger partial charge in [-0.15, -0.1) is 0 Å². The predicted octanol–water partition coefficient (Wildman–Crippen LogP) is 2.55. The lowest BCUT2D eigenvalue weighted by atomic mass is 10.1. The Balaban J connectivity index is 1.82. The average molecular weight is 346 g/mol. The average Bonchev–Trinajstić information content (AvgIpc) is 2.88. The molecule has 1 N–H and O–H groups in total. The smallest absolute Gasteiger partial charge is 0.242 e. The second kappa shape index (κ2) is 6.86. The van der Waals surface area contributed by atoms with Crippen molar-refractivity contribution in [3.05, 3.63) is 34.6 Å². The summed E-state index contributed by atoms with van der Waals surface area (Å²) in [6, 6.07) is 8.01. The van der Waals surface area contributed by atoms with E-state index in [1.807, 2.05) is 49.9 Å². The molecule has 0 spiro atoms. The molecule has 1 aliphatic heterocycles. The number of nitrogens with zero attached hydrogens (tertiary/aromatic N) is 3. The Morgan fingerprint density at radius 2 is 1.92 bits per heavy atom. The third-order valence-electron chi connectivity index (χ3n) is 4.13. The molecule has 2 atom stereocenters. The number of aromatic nitrogens is 3. The van der Waals surface area contributed by atoms with Gasteiger partial charge in [0, 0.05) is 18.7 Å². The quantitative estimate of drug-likeness (QED) is 0.868. The van der Waals surface area contributed by atoms with Crippen molar-refractivity contribution in [2.24, 2.45) is 0 Å². The summed E-state index contributed by atoms with van der Waals surface area (Å²) in [6.45, 7) is 7.39. The lowest BCUT2D eigenvalue weighted by Gasteiger charge is -2.35.